The molecule has 0 radical (unpaired) electrons. The molecule has 0 heterocycles. The first-order valence-electron chi connectivity index (χ1n) is 3.43. The fourth-order valence-electron chi connectivity index (χ4n) is 0.101. The van der Waals surface area contributed by atoms with Crippen LogP contribution in [0.4, 0.5) is 0 Å². The topological polar surface area (TPSA) is 46.5 Å². The molecule has 0 aromatic heterocycles. The minimum atomic E-state index is -2.81. The first kappa shape index (κ1) is 17.7. The van der Waals surface area contributed by atoms with E-state index in [1.54, 1.807) is 6.92 Å². The van der Waals surface area contributed by atoms with E-state index in [2.05, 4.69) is 17.7 Å². The average molecular weight is 296 g/mol. The first-order chi connectivity index (χ1) is 4.68. The number of rotatable bonds is 3. The van der Waals surface area contributed by atoms with Gasteiger partial charge in [0, 0.05) is 0 Å². The molecule has 5 heteroatoms. The second kappa shape index (κ2) is 17.0. The van der Waals surface area contributed by atoms with Crippen LogP contribution in [0, 0.1) is 0 Å². The summed E-state index contributed by atoms with van der Waals surface area (Å²) in [5.74, 6) is 0. The zero-order valence-corrected chi connectivity index (χ0v) is 11.1. The van der Waals surface area contributed by atoms with E-state index in [1.807, 2.05) is 0 Å². The molecule has 0 spiro atoms. The predicted octanol–water partition coefficient (Wildman–Crippen LogP) is 0.321. The molecule has 0 fully saturated rings. The van der Waals surface area contributed by atoms with Crippen LogP contribution in [-0.4, -0.2) is 42.4 Å². The summed E-state index contributed by atoms with van der Waals surface area (Å²) in [6, 6.07) is 0. The van der Waals surface area contributed by atoms with Crippen LogP contribution >= 0.6 is 0 Å². The van der Waals surface area contributed by atoms with Crippen LogP contribution in [0.15, 0.2) is 0 Å². The molecule has 11 heavy (non-hydrogen) atoms. The quantitative estimate of drug-likeness (QED) is 0.763. The molecule has 0 amide bonds. The predicted molar refractivity (Wildman–Crippen MR) is 49.4 cm³/mol. The Morgan fingerprint density at radius 3 is 1.64 bits per heavy atom. The molecular formula is C6H18O3Se2. The van der Waals surface area contributed by atoms with Crippen molar-refractivity contribution in [3.05, 3.63) is 0 Å². The third-order valence-electron chi connectivity index (χ3n) is 0.719. The van der Waals surface area contributed by atoms with Crippen molar-refractivity contribution in [1.82, 2.24) is 0 Å². The zero-order valence-electron chi connectivity index (χ0n) is 7.29. The average Bonchev–Trinajstić information content (AvgIpc) is 1.89. The van der Waals surface area contributed by atoms with Crippen LogP contribution in [0.25, 0.3) is 0 Å². The van der Waals surface area contributed by atoms with Crippen molar-refractivity contribution in [2.75, 3.05) is 6.61 Å². The van der Waals surface area contributed by atoms with Gasteiger partial charge < -0.3 is 0 Å². The summed E-state index contributed by atoms with van der Waals surface area (Å²) in [4.78, 5) is 0. The van der Waals surface area contributed by atoms with Gasteiger partial charge in [0.1, 0.15) is 0 Å². The fraction of sp³-hybridized carbons (Fsp3) is 1.00. The number of unbranched alkanes of at least 4 members (excludes halogenated alkanes) is 1. The van der Waals surface area contributed by atoms with Crippen molar-refractivity contribution in [2.24, 2.45) is 0 Å². The zero-order chi connectivity index (χ0) is 8.41. The maximum atomic E-state index is 9.59. The Morgan fingerprint density at radius 1 is 1.27 bits per heavy atom. The first-order valence-corrected chi connectivity index (χ1v) is 5.59. The maximum absolute atomic E-state index is 9.59. The van der Waals surface area contributed by atoms with Gasteiger partial charge in [-0.3, -0.25) is 0 Å². The van der Waals surface area contributed by atoms with Crippen molar-refractivity contribution in [3.63, 3.8) is 0 Å². The van der Waals surface area contributed by atoms with Crippen LogP contribution in [-0.2, 0) is 7.65 Å². The Bertz CT molecular complexity index is 76.2. The Balaban J connectivity index is -0.000000114. The van der Waals surface area contributed by atoms with Crippen molar-refractivity contribution in [1.29, 1.82) is 0 Å². The fourth-order valence-corrected chi connectivity index (χ4v) is 0.524. The molecular weight excluding hydrogens is 278 g/mol. The molecule has 1 unspecified atom stereocenters. The van der Waals surface area contributed by atoms with E-state index in [1.165, 1.54) is 12.8 Å². The van der Waals surface area contributed by atoms with Gasteiger partial charge in [0.05, 0.1) is 0 Å². The Hall–Kier alpha value is 0.759. The molecule has 0 rings (SSSR count). The summed E-state index contributed by atoms with van der Waals surface area (Å²) >= 11 is -2.81. The van der Waals surface area contributed by atoms with Crippen LogP contribution in [0.5, 0.6) is 0 Å². The van der Waals surface area contributed by atoms with E-state index in [4.69, 9.17) is 4.19 Å². The van der Waals surface area contributed by atoms with Crippen molar-refractivity contribution >= 4 is 31.6 Å². The van der Waals surface area contributed by atoms with Crippen molar-refractivity contribution < 1.29 is 11.8 Å². The summed E-state index contributed by atoms with van der Waals surface area (Å²) in [6.07, 6.45) is 2.64. The van der Waals surface area contributed by atoms with Gasteiger partial charge in [-0.25, -0.2) is 0 Å². The van der Waals surface area contributed by atoms with E-state index < -0.39 is 14.5 Å². The van der Waals surface area contributed by atoms with Crippen LogP contribution in [0.1, 0.15) is 33.6 Å². The second-order valence-electron chi connectivity index (χ2n) is 1.62. The standard InChI is InChI=1S/C4H10.C2H6O3Se.H2Se/c1-3-4-2;1-2-5-6(3)4;/h3-4H2,1-2H3;2H2,1H3,(H,3,4);1H2. The van der Waals surface area contributed by atoms with Crippen molar-refractivity contribution in [2.45, 2.75) is 33.6 Å². The third-order valence-corrected chi connectivity index (χ3v) is 1.64. The SMILES string of the molecule is CCCC.CCO[Se](=O)O.[SeH2]. The number of hydrogen-bond donors (Lipinski definition) is 1. The molecule has 1 atom stereocenters. The second-order valence-corrected chi connectivity index (χ2v) is 3.03. The van der Waals surface area contributed by atoms with Gasteiger partial charge in [-0.2, -0.15) is 0 Å². The molecule has 0 bridgehead atoms. The Morgan fingerprint density at radius 2 is 1.64 bits per heavy atom. The van der Waals surface area contributed by atoms with Gasteiger partial charge in [0.25, 0.3) is 0 Å². The Kier molecular flexibility index (Phi) is 27.5. The molecule has 72 valence electrons. The van der Waals surface area contributed by atoms with E-state index in [-0.39, 0.29) is 17.1 Å². The van der Waals surface area contributed by atoms with Gasteiger partial charge in [-0.05, 0) is 0 Å². The summed E-state index contributed by atoms with van der Waals surface area (Å²) < 4.78 is 21.7. The van der Waals surface area contributed by atoms with Gasteiger partial charge in [0.2, 0.25) is 0 Å². The summed E-state index contributed by atoms with van der Waals surface area (Å²) in [6.45, 7) is 6.36. The summed E-state index contributed by atoms with van der Waals surface area (Å²) in [7, 11) is 0. The minimum absolute atomic E-state index is 0. The molecule has 3 nitrogen and oxygen atoms in total. The molecule has 0 aliphatic carbocycles. The monoisotopic (exact) mass is 298 g/mol. The third kappa shape index (κ3) is 36.4. The molecule has 0 aliphatic rings. The van der Waals surface area contributed by atoms with E-state index in [0.29, 0.717) is 6.61 Å². The van der Waals surface area contributed by atoms with E-state index in [9.17, 15) is 3.83 Å². The molecule has 0 saturated carbocycles. The van der Waals surface area contributed by atoms with Crippen LogP contribution < -0.4 is 0 Å². The van der Waals surface area contributed by atoms with Gasteiger partial charge in [0.15, 0.2) is 0 Å². The van der Waals surface area contributed by atoms with Gasteiger partial charge in [-0.1, -0.05) is 26.7 Å². The van der Waals surface area contributed by atoms with Gasteiger partial charge in [-0.15, -0.1) is 0 Å². The van der Waals surface area contributed by atoms with Crippen LogP contribution in [0.2, 0.25) is 0 Å². The van der Waals surface area contributed by atoms with Crippen molar-refractivity contribution in [3.8, 4) is 0 Å². The van der Waals surface area contributed by atoms with E-state index >= 15 is 0 Å². The van der Waals surface area contributed by atoms with E-state index in [0.717, 1.165) is 0 Å². The molecule has 0 saturated heterocycles. The van der Waals surface area contributed by atoms with Gasteiger partial charge >= 0.3 is 56.9 Å². The Labute approximate surface area is 83.7 Å². The molecule has 0 aromatic carbocycles. The molecule has 1 N–H and O–H groups in total. The number of hydrogen-bond acceptors (Lipinski definition) is 2. The normalized spacial score (nSPS) is 10.5. The summed E-state index contributed by atoms with van der Waals surface area (Å²) in [5.41, 5.74) is 0. The summed E-state index contributed by atoms with van der Waals surface area (Å²) in [5, 5.41) is 0. The van der Waals surface area contributed by atoms with Crippen LogP contribution in [0.3, 0.4) is 0 Å². The molecule has 0 aliphatic heterocycles. The molecule has 0 aromatic rings.